The molecule has 0 saturated heterocycles. The van der Waals surface area contributed by atoms with Crippen molar-refractivity contribution in [3.8, 4) is 0 Å². The highest BCUT2D eigenvalue weighted by atomic mass is 35.5. The molecular formula is C9H14ClNSi. The van der Waals surface area contributed by atoms with Gasteiger partial charge in [-0.2, -0.15) is 0 Å². The number of nitrogen functional groups attached to an aromatic ring is 1. The van der Waals surface area contributed by atoms with Crippen molar-refractivity contribution in [1.29, 1.82) is 0 Å². The van der Waals surface area contributed by atoms with Crippen molar-refractivity contribution in [2.45, 2.75) is 19.6 Å². The molecule has 2 N–H and O–H groups in total. The number of hydrogen-bond acceptors (Lipinski definition) is 1. The first-order chi connectivity index (χ1) is 5.41. The van der Waals surface area contributed by atoms with Gasteiger partial charge in [0.2, 0.25) is 0 Å². The lowest BCUT2D eigenvalue weighted by molar-refractivity contribution is 1.66. The van der Waals surface area contributed by atoms with Crippen LogP contribution in [0, 0.1) is 0 Å². The maximum Gasteiger partial charge on any atom is 0.0796 e. The zero-order valence-electron chi connectivity index (χ0n) is 7.69. The molecule has 0 amide bonds. The van der Waals surface area contributed by atoms with E-state index in [0.29, 0.717) is 0 Å². The van der Waals surface area contributed by atoms with E-state index in [4.69, 9.17) is 17.3 Å². The van der Waals surface area contributed by atoms with Gasteiger partial charge in [-0.15, -0.1) is 0 Å². The number of benzene rings is 1. The van der Waals surface area contributed by atoms with Crippen LogP contribution in [0.2, 0.25) is 24.7 Å². The molecule has 0 fully saturated rings. The fourth-order valence-corrected chi connectivity index (χ4v) is 3.49. The van der Waals surface area contributed by atoms with E-state index in [-0.39, 0.29) is 0 Å². The molecule has 1 aromatic carbocycles. The highest BCUT2D eigenvalue weighted by Crippen LogP contribution is 2.14. The third-order valence-corrected chi connectivity index (χ3v) is 4.32. The third kappa shape index (κ3) is 2.02. The number of rotatable bonds is 1. The number of hydrogen-bond donors (Lipinski definition) is 1. The Kier molecular flexibility index (Phi) is 2.49. The average molecular weight is 200 g/mol. The van der Waals surface area contributed by atoms with Gasteiger partial charge in [-0.1, -0.05) is 31.2 Å². The molecule has 12 heavy (non-hydrogen) atoms. The number of halogens is 1. The average Bonchev–Trinajstić information content (AvgIpc) is 1.92. The Morgan fingerprint density at radius 1 is 1.25 bits per heavy atom. The number of nitrogens with two attached hydrogens (primary N) is 1. The first kappa shape index (κ1) is 9.61. The van der Waals surface area contributed by atoms with Crippen LogP contribution in [0.3, 0.4) is 0 Å². The van der Waals surface area contributed by atoms with Gasteiger partial charge in [-0.05, 0) is 23.4 Å². The summed E-state index contributed by atoms with van der Waals surface area (Å²) in [5, 5.41) is 2.09. The summed E-state index contributed by atoms with van der Waals surface area (Å²) in [6.45, 7) is 6.77. The molecule has 66 valence electrons. The zero-order valence-corrected chi connectivity index (χ0v) is 9.44. The third-order valence-electron chi connectivity index (χ3n) is 1.80. The highest BCUT2D eigenvalue weighted by Gasteiger charge is 2.19. The van der Waals surface area contributed by atoms with E-state index in [0.717, 1.165) is 10.7 Å². The van der Waals surface area contributed by atoms with Gasteiger partial charge in [0.15, 0.2) is 0 Å². The summed E-state index contributed by atoms with van der Waals surface area (Å²) in [5.74, 6) is 0. The van der Waals surface area contributed by atoms with Crippen LogP contribution in [-0.4, -0.2) is 8.07 Å². The van der Waals surface area contributed by atoms with Crippen molar-refractivity contribution < 1.29 is 0 Å². The van der Waals surface area contributed by atoms with E-state index in [1.54, 1.807) is 0 Å². The topological polar surface area (TPSA) is 26.0 Å². The van der Waals surface area contributed by atoms with E-state index in [1.807, 2.05) is 18.2 Å². The van der Waals surface area contributed by atoms with Crippen LogP contribution >= 0.6 is 11.6 Å². The second-order valence-electron chi connectivity index (χ2n) is 3.99. The van der Waals surface area contributed by atoms with Crippen molar-refractivity contribution >= 4 is 30.5 Å². The van der Waals surface area contributed by atoms with Gasteiger partial charge in [-0.3, -0.25) is 0 Å². The molecule has 0 spiro atoms. The van der Waals surface area contributed by atoms with Crippen LogP contribution in [0.5, 0.6) is 0 Å². The molecule has 1 rings (SSSR count). The van der Waals surface area contributed by atoms with E-state index < -0.39 is 8.07 Å². The molecule has 0 saturated carbocycles. The maximum absolute atomic E-state index is 6.06. The van der Waals surface area contributed by atoms with E-state index in [2.05, 4.69) is 19.6 Å². The number of anilines is 1. The molecule has 1 nitrogen and oxygen atoms in total. The molecule has 0 heterocycles. The Balaban J connectivity index is 3.23. The second-order valence-corrected chi connectivity index (χ2v) is 9.44. The Morgan fingerprint density at radius 2 is 1.83 bits per heavy atom. The van der Waals surface area contributed by atoms with Gasteiger partial charge in [0, 0.05) is 10.7 Å². The molecule has 0 aliphatic rings. The normalized spacial score (nSPS) is 11.7. The summed E-state index contributed by atoms with van der Waals surface area (Å²) < 4.78 is 0. The summed E-state index contributed by atoms with van der Waals surface area (Å²) in [6, 6.07) is 5.71. The lowest BCUT2D eigenvalue weighted by atomic mass is 10.3. The van der Waals surface area contributed by atoms with Crippen LogP contribution in [0.4, 0.5) is 5.69 Å². The minimum Gasteiger partial charge on any atom is -0.399 e. The van der Waals surface area contributed by atoms with Gasteiger partial charge in [0.1, 0.15) is 0 Å². The first-order valence-electron chi connectivity index (χ1n) is 3.97. The largest absolute Gasteiger partial charge is 0.399 e. The van der Waals surface area contributed by atoms with E-state index >= 15 is 0 Å². The van der Waals surface area contributed by atoms with Crippen LogP contribution in [0.25, 0.3) is 0 Å². The van der Waals surface area contributed by atoms with E-state index in [9.17, 15) is 0 Å². The minimum atomic E-state index is -1.32. The Hall–Kier alpha value is -0.473. The molecule has 0 aromatic heterocycles. The fourth-order valence-electron chi connectivity index (χ4n) is 1.12. The SMILES string of the molecule is C[Si](C)(C)c1cc(N)ccc1Cl. The predicted octanol–water partition coefficient (Wildman–Crippen LogP) is 2.47. The molecular weight excluding hydrogens is 186 g/mol. The minimum absolute atomic E-state index is 0.803. The summed E-state index contributed by atoms with van der Waals surface area (Å²) >= 11 is 6.06. The van der Waals surface area contributed by atoms with Gasteiger partial charge in [-0.25, -0.2) is 0 Å². The predicted molar refractivity (Wildman–Crippen MR) is 58.8 cm³/mol. The first-order valence-corrected chi connectivity index (χ1v) is 7.84. The van der Waals surface area contributed by atoms with Crippen LogP contribution in [0.1, 0.15) is 0 Å². The van der Waals surface area contributed by atoms with E-state index in [1.165, 1.54) is 5.19 Å². The van der Waals surface area contributed by atoms with Crippen molar-refractivity contribution in [3.63, 3.8) is 0 Å². The van der Waals surface area contributed by atoms with Crippen molar-refractivity contribution in [3.05, 3.63) is 23.2 Å². The lowest BCUT2D eigenvalue weighted by Crippen LogP contribution is -2.38. The molecule has 0 atom stereocenters. The molecule has 0 aliphatic carbocycles. The second kappa shape index (κ2) is 3.11. The molecule has 1 aromatic rings. The Bertz CT molecular complexity index is 291. The maximum atomic E-state index is 6.06. The fraction of sp³-hybridized carbons (Fsp3) is 0.333. The monoisotopic (exact) mass is 199 g/mol. The van der Waals surface area contributed by atoms with Crippen molar-refractivity contribution in [2.75, 3.05) is 5.73 Å². The van der Waals surface area contributed by atoms with Crippen molar-refractivity contribution in [1.82, 2.24) is 0 Å². The summed E-state index contributed by atoms with van der Waals surface area (Å²) in [4.78, 5) is 0. The van der Waals surface area contributed by atoms with Crippen molar-refractivity contribution in [2.24, 2.45) is 0 Å². The zero-order chi connectivity index (χ0) is 9.35. The van der Waals surface area contributed by atoms with Crippen LogP contribution < -0.4 is 10.9 Å². The molecule has 3 heteroatoms. The summed E-state index contributed by atoms with van der Waals surface area (Å²) in [6.07, 6.45) is 0. The lowest BCUT2D eigenvalue weighted by Gasteiger charge is -2.18. The summed E-state index contributed by atoms with van der Waals surface area (Å²) in [7, 11) is -1.32. The summed E-state index contributed by atoms with van der Waals surface area (Å²) in [5.41, 5.74) is 6.49. The molecule has 0 unspecified atom stereocenters. The van der Waals surface area contributed by atoms with Gasteiger partial charge >= 0.3 is 0 Å². The highest BCUT2D eigenvalue weighted by molar-refractivity contribution is 6.90. The van der Waals surface area contributed by atoms with Crippen LogP contribution in [-0.2, 0) is 0 Å². The van der Waals surface area contributed by atoms with Gasteiger partial charge in [0.25, 0.3) is 0 Å². The quantitative estimate of drug-likeness (QED) is 0.546. The molecule has 0 aliphatic heterocycles. The Morgan fingerprint density at radius 3 is 2.25 bits per heavy atom. The standard InChI is InChI=1S/C9H14ClNSi/c1-12(2,3)9-6-7(11)4-5-8(9)10/h4-6H,11H2,1-3H3. The molecule has 0 radical (unpaired) electrons. The van der Waals surface area contributed by atoms with Gasteiger partial charge in [0.05, 0.1) is 8.07 Å². The molecule has 0 bridgehead atoms. The van der Waals surface area contributed by atoms with Crippen LogP contribution in [0.15, 0.2) is 18.2 Å². The Labute approximate surface area is 79.6 Å². The van der Waals surface area contributed by atoms with Gasteiger partial charge < -0.3 is 5.73 Å². The smallest absolute Gasteiger partial charge is 0.0796 e.